The Hall–Kier alpha value is -2.22. The number of nitrogens with zero attached hydrogens (tertiary/aromatic N) is 1. The molecule has 1 aliphatic heterocycles. The minimum atomic E-state index is -1.83. The van der Waals surface area contributed by atoms with Crippen molar-refractivity contribution in [3.8, 4) is 0 Å². The molecule has 4 aliphatic carbocycles. The minimum Gasteiger partial charge on any atom is -0.451 e. The highest BCUT2D eigenvalue weighted by Crippen LogP contribution is 2.64. The maximum atomic E-state index is 14.9. The van der Waals surface area contributed by atoms with Crippen LogP contribution in [0.4, 0.5) is 0 Å². The van der Waals surface area contributed by atoms with Gasteiger partial charge in [0, 0.05) is 24.4 Å². The number of fused-ring (bicyclic) bond motifs is 3. The Morgan fingerprint density at radius 1 is 1.12 bits per heavy atom. The predicted octanol–water partition coefficient (Wildman–Crippen LogP) is 5.70. The van der Waals surface area contributed by atoms with Crippen LogP contribution in [0.5, 0.6) is 0 Å². The molecule has 224 valence electrons. The summed E-state index contributed by atoms with van der Waals surface area (Å²) >= 11 is 0. The van der Waals surface area contributed by atoms with Crippen molar-refractivity contribution in [1.82, 2.24) is 4.57 Å². The lowest BCUT2D eigenvalue weighted by molar-refractivity contribution is -0.302. The normalized spacial score (nSPS) is 39.2. The van der Waals surface area contributed by atoms with Gasteiger partial charge in [-0.05, 0) is 93.8 Å². The lowest BCUT2D eigenvalue weighted by atomic mass is 9.59. The maximum absolute atomic E-state index is 14.9. The van der Waals surface area contributed by atoms with E-state index in [-0.39, 0.29) is 29.6 Å². The molecule has 0 amide bonds. The van der Waals surface area contributed by atoms with E-state index < -0.39 is 40.9 Å². The summed E-state index contributed by atoms with van der Waals surface area (Å²) in [5.41, 5.74) is 0.237. The van der Waals surface area contributed by atoms with Crippen LogP contribution < -0.4 is 0 Å². The summed E-state index contributed by atoms with van der Waals surface area (Å²) in [4.78, 5) is 28.9. The molecule has 2 saturated carbocycles. The Labute approximate surface area is 244 Å². The fourth-order valence-electron chi connectivity index (χ4n) is 8.43. The van der Waals surface area contributed by atoms with E-state index in [0.717, 1.165) is 29.8 Å². The number of aromatic nitrogens is 1. The Balaban J connectivity index is 1.48. The number of allylic oxidation sites excluding steroid dienone is 1. The Kier molecular flexibility index (Phi) is 6.44. The smallest absolute Gasteiger partial charge is 0.340 e. The Bertz CT molecular complexity index is 1360. The summed E-state index contributed by atoms with van der Waals surface area (Å²) in [6.45, 7) is 19.1. The molecule has 1 aromatic rings. The minimum absolute atomic E-state index is 0.0222. The van der Waals surface area contributed by atoms with E-state index >= 15 is 0 Å². The molecule has 1 spiro atoms. The van der Waals surface area contributed by atoms with Crippen LogP contribution in [-0.2, 0) is 25.5 Å². The fourth-order valence-corrected chi connectivity index (χ4v) is 8.43. The molecular weight excluding hydrogens is 518 g/mol. The molecule has 7 nitrogen and oxygen atoms in total. The molecular formula is C34H47NO6. The quantitative estimate of drug-likeness (QED) is 0.373. The molecule has 41 heavy (non-hydrogen) atoms. The van der Waals surface area contributed by atoms with Gasteiger partial charge in [-0.15, -0.1) is 0 Å². The van der Waals surface area contributed by atoms with Gasteiger partial charge in [-0.25, -0.2) is 4.79 Å². The summed E-state index contributed by atoms with van der Waals surface area (Å²) < 4.78 is 21.2. The highest BCUT2D eigenvalue weighted by Gasteiger charge is 2.74. The molecule has 1 N–H and O–H groups in total. The van der Waals surface area contributed by atoms with Gasteiger partial charge in [-0.2, -0.15) is 0 Å². The van der Waals surface area contributed by atoms with Crippen molar-refractivity contribution >= 4 is 11.8 Å². The van der Waals surface area contributed by atoms with Gasteiger partial charge in [0.05, 0.1) is 17.6 Å². The molecule has 1 saturated heterocycles. The van der Waals surface area contributed by atoms with Crippen LogP contribution >= 0.6 is 0 Å². The van der Waals surface area contributed by atoms with Crippen molar-refractivity contribution in [3.63, 3.8) is 0 Å². The van der Waals surface area contributed by atoms with Crippen LogP contribution in [0.25, 0.3) is 0 Å². The molecule has 3 fully saturated rings. The number of aliphatic hydroxyl groups is 1. The topological polar surface area (TPSA) is 87.0 Å². The highest BCUT2D eigenvalue weighted by molar-refractivity contribution is 5.96. The number of aryl methyl sites for hydroxylation is 1. The first-order chi connectivity index (χ1) is 19.0. The number of hydrogen-bond acceptors (Lipinski definition) is 6. The second-order valence-electron chi connectivity index (χ2n) is 14.9. The molecule has 7 atom stereocenters. The fraction of sp³-hybridized carbons (Fsp3) is 0.706. The van der Waals surface area contributed by atoms with Crippen LogP contribution in [-0.4, -0.2) is 51.6 Å². The van der Waals surface area contributed by atoms with E-state index in [1.165, 1.54) is 12.8 Å². The molecule has 7 heteroatoms. The standard InChI is InChI=1S/C34H47NO6/c1-18-14-33-21(4)12-20(3)31(6,7)25(27(33)36)13-24-17-39-32(8,9)41-29(24)34(33,38)28(18)40-30(37)26-19(2)15-35(22(26)5)16-23-10-11-23/h13-15,20-21,23,25,28-29,38H,10-12,16-17H2,1-9H3/t20-,21+,25+,28-,29+,33-,34+/m0/s1. The zero-order chi connectivity index (χ0) is 29.9. The van der Waals surface area contributed by atoms with Crippen molar-refractivity contribution in [3.05, 3.63) is 46.3 Å². The van der Waals surface area contributed by atoms with E-state index in [4.69, 9.17) is 14.2 Å². The molecule has 1 aromatic heterocycles. The van der Waals surface area contributed by atoms with Crippen molar-refractivity contribution in [1.29, 1.82) is 0 Å². The maximum Gasteiger partial charge on any atom is 0.340 e. The summed E-state index contributed by atoms with van der Waals surface area (Å²) in [6.07, 6.45) is 7.22. The summed E-state index contributed by atoms with van der Waals surface area (Å²) in [5, 5.41) is 13.3. The van der Waals surface area contributed by atoms with Gasteiger partial charge in [0.25, 0.3) is 0 Å². The monoisotopic (exact) mass is 565 g/mol. The van der Waals surface area contributed by atoms with E-state index in [1.807, 2.05) is 53.0 Å². The highest BCUT2D eigenvalue weighted by atomic mass is 16.7. The number of esters is 1. The third-order valence-corrected chi connectivity index (χ3v) is 11.4. The zero-order valence-electron chi connectivity index (χ0n) is 26.2. The molecule has 0 aromatic carbocycles. The number of carbonyl (C=O) groups is 2. The van der Waals surface area contributed by atoms with Crippen LogP contribution in [0, 0.1) is 48.3 Å². The predicted molar refractivity (Wildman–Crippen MR) is 155 cm³/mol. The molecule has 2 bridgehead atoms. The first kappa shape index (κ1) is 28.9. The first-order valence-electron chi connectivity index (χ1n) is 15.4. The number of Topliss-reactive ketones (excluding diaryl/α,β-unsaturated/α-hetero) is 1. The zero-order valence-corrected chi connectivity index (χ0v) is 26.2. The van der Waals surface area contributed by atoms with Crippen LogP contribution in [0.1, 0.15) is 89.3 Å². The van der Waals surface area contributed by atoms with Gasteiger partial charge in [0.15, 0.2) is 23.3 Å². The number of ketones is 1. The van der Waals surface area contributed by atoms with Crippen molar-refractivity contribution in [2.45, 2.75) is 112 Å². The van der Waals surface area contributed by atoms with Crippen molar-refractivity contribution in [2.24, 2.45) is 34.5 Å². The average molecular weight is 566 g/mol. The van der Waals surface area contributed by atoms with Gasteiger partial charge in [0.2, 0.25) is 0 Å². The lowest BCUT2D eigenvalue weighted by Gasteiger charge is -2.52. The lowest BCUT2D eigenvalue weighted by Crippen LogP contribution is -2.68. The summed E-state index contributed by atoms with van der Waals surface area (Å²) in [6, 6.07) is 0. The van der Waals surface area contributed by atoms with E-state index in [9.17, 15) is 14.7 Å². The number of ether oxygens (including phenoxy) is 3. The molecule has 0 unspecified atom stereocenters. The third-order valence-electron chi connectivity index (χ3n) is 11.4. The number of rotatable bonds is 4. The van der Waals surface area contributed by atoms with Gasteiger partial charge in [-0.3, -0.25) is 4.79 Å². The summed E-state index contributed by atoms with van der Waals surface area (Å²) in [7, 11) is 0. The van der Waals surface area contributed by atoms with Crippen molar-refractivity contribution < 1.29 is 28.9 Å². The summed E-state index contributed by atoms with van der Waals surface area (Å²) in [5.74, 6) is -1.25. The van der Waals surface area contributed by atoms with E-state index in [1.54, 1.807) is 0 Å². The molecule has 6 rings (SSSR count). The van der Waals surface area contributed by atoms with Crippen LogP contribution in [0.3, 0.4) is 0 Å². The van der Waals surface area contributed by atoms with E-state index in [2.05, 4.69) is 32.3 Å². The van der Waals surface area contributed by atoms with Gasteiger partial charge in [-0.1, -0.05) is 39.8 Å². The van der Waals surface area contributed by atoms with Crippen LogP contribution in [0.15, 0.2) is 29.5 Å². The van der Waals surface area contributed by atoms with Crippen molar-refractivity contribution in [2.75, 3.05) is 6.61 Å². The number of hydrogen-bond donors (Lipinski definition) is 1. The Morgan fingerprint density at radius 2 is 1.80 bits per heavy atom. The largest absolute Gasteiger partial charge is 0.451 e. The second-order valence-corrected chi connectivity index (χ2v) is 14.9. The average Bonchev–Trinajstić information content (AvgIpc) is 3.62. The SMILES string of the molecule is CC1=C[C@]23C(=O)[C@@H](C=C4COC(C)(C)O[C@H]4[C@]2(O)[C@H]1OC(=O)c1c(C)cn(CC2CC2)c1C)C(C)(C)[C@@H](C)C[C@H]3C. The number of carbonyl (C=O) groups excluding carboxylic acids is 2. The van der Waals surface area contributed by atoms with E-state index in [0.29, 0.717) is 17.1 Å². The first-order valence-corrected chi connectivity index (χ1v) is 15.4. The third kappa shape index (κ3) is 4.01. The van der Waals surface area contributed by atoms with Crippen LogP contribution in [0.2, 0.25) is 0 Å². The second kappa shape index (κ2) is 9.14. The van der Waals surface area contributed by atoms with Gasteiger partial charge >= 0.3 is 5.97 Å². The molecule has 5 aliphatic rings. The van der Waals surface area contributed by atoms with Gasteiger partial charge < -0.3 is 23.9 Å². The Morgan fingerprint density at radius 3 is 2.46 bits per heavy atom. The molecule has 0 radical (unpaired) electrons. The van der Waals surface area contributed by atoms with Gasteiger partial charge in [0.1, 0.15) is 6.10 Å². The molecule has 2 heterocycles.